The van der Waals surface area contributed by atoms with Gasteiger partial charge in [0.2, 0.25) is 5.67 Å². The Morgan fingerprint density at radius 1 is 0.973 bits per heavy atom. The van der Waals surface area contributed by atoms with Crippen LogP contribution in [0, 0.1) is 5.82 Å². The Hall–Kier alpha value is -4.11. The number of fused-ring (bicyclic) bond motifs is 1. The molecule has 37 heavy (non-hydrogen) atoms. The molecule has 0 spiro atoms. The Labute approximate surface area is 215 Å². The van der Waals surface area contributed by atoms with Crippen LogP contribution in [0.1, 0.15) is 45.5 Å². The van der Waals surface area contributed by atoms with E-state index in [4.69, 9.17) is 11.6 Å². The molecule has 1 unspecified atom stereocenters. The van der Waals surface area contributed by atoms with Gasteiger partial charge < -0.3 is 10.3 Å². The number of oxime groups is 1. The van der Waals surface area contributed by atoms with Crippen molar-refractivity contribution in [1.29, 1.82) is 0 Å². The number of nitrogens with zero attached hydrogens (tertiary/aromatic N) is 2. The van der Waals surface area contributed by atoms with Crippen molar-refractivity contribution in [1.82, 2.24) is 4.90 Å². The average Bonchev–Trinajstić information content (AvgIpc) is 3.13. The second-order valence-corrected chi connectivity index (χ2v) is 9.04. The van der Waals surface area contributed by atoms with E-state index >= 15 is 4.39 Å². The fraction of sp³-hybridized carbons (Fsp3) is 0.185. The van der Waals surface area contributed by atoms with Crippen molar-refractivity contribution in [3.8, 4) is 11.1 Å². The lowest BCUT2D eigenvalue weighted by molar-refractivity contribution is -0.151. The molecule has 0 bridgehead atoms. The third-order valence-electron chi connectivity index (χ3n) is 6.24. The third kappa shape index (κ3) is 5.22. The summed E-state index contributed by atoms with van der Waals surface area (Å²) < 4.78 is 30.5. The van der Waals surface area contributed by atoms with Crippen molar-refractivity contribution in [2.24, 2.45) is 5.16 Å². The average molecular weight is 527 g/mol. The van der Waals surface area contributed by atoms with Crippen LogP contribution in [0.2, 0.25) is 5.02 Å². The van der Waals surface area contributed by atoms with Gasteiger partial charge in [-0.1, -0.05) is 47.1 Å². The van der Waals surface area contributed by atoms with Gasteiger partial charge >= 0.3 is 5.97 Å². The van der Waals surface area contributed by atoms with Crippen LogP contribution in [0.15, 0.2) is 71.9 Å². The number of hydrogen-bond acceptors (Lipinski definition) is 5. The Bertz CT molecular complexity index is 1380. The monoisotopic (exact) mass is 526 g/mol. The van der Waals surface area contributed by atoms with E-state index in [9.17, 15) is 29.1 Å². The topological polar surface area (TPSA) is 107 Å². The van der Waals surface area contributed by atoms with Crippen LogP contribution >= 0.6 is 11.6 Å². The van der Waals surface area contributed by atoms with Crippen LogP contribution in [0.25, 0.3) is 11.1 Å². The Balaban J connectivity index is 1.47. The lowest BCUT2D eigenvalue weighted by Gasteiger charge is -2.22. The van der Waals surface area contributed by atoms with Crippen LogP contribution in [0.5, 0.6) is 0 Å². The second-order valence-electron chi connectivity index (χ2n) is 8.61. The summed E-state index contributed by atoms with van der Waals surface area (Å²) in [5.74, 6) is -3.75. The summed E-state index contributed by atoms with van der Waals surface area (Å²) in [7, 11) is 0. The van der Waals surface area contributed by atoms with Crippen molar-refractivity contribution in [3.63, 3.8) is 0 Å². The van der Waals surface area contributed by atoms with Crippen LogP contribution in [-0.2, 0) is 4.79 Å². The molecule has 7 nitrogen and oxygen atoms in total. The van der Waals surface area contributed by atoms with Crippen molar-refractivity contribution in [2.75, 3.05) is 6.54 Å². The minimum Gasteiger partial charge on any atom is -0.479 e. The van der Waals surface area contributed by atoms with Gasteiger partial charge in [-0.3, -0.25) is 14.5 Å². The SMILES string of the molecule is O=C1c2ccccc2C(=O)N1CCCC(F)(C/C(=N\O)c1ccc(-c2ccc(Cl)cc2)cc1F)C(=O)O. The number of carboxylic acids is 1. The molecule has 4 rings (SSSR count). The quantitative estimate of drug-likeness (QED) is 0.164. The molecule has 0 saturated carbocycles. The summed E-state index contributed by atoms with van der Waals surface area (Å²) in [4.78, 5) is 37.7. The normalized spacial score (nSPS) is 15.0. The van der Waals surface area contributed by atoms with Crippen molar-refractivity contribution in [3.05, 3.63) is 94.3 Å². The van der Waals surface area contributed by atoms with E-state index in [-0.39, 0.29) is 29.7 Å². The molecule has 0 aliphatic carbocycles. The van der Waals surface area contributed by atoms with Gasteiger partial charge in [0, 0.05) is 23.6 Å². The molecule has 1 aliphatic rings. The molecular formula is C27H21ClF2N2O5. The molecule has 0 fully saturated rings. The van der Waals surface area contributed by atoms with Crippen LogP contribution < -0.4 is 0 Å². The highest BCUT2D eigenvalue weighted by molar-refractivity contribution is 6.30. The first-order chi connectivity index (χ1) is 17.6. The van der Waals surface area contributed by atoms with E-state index in [1.165, 1.54) is 24.3 Å². The standard InChI is InChI=1S/C27H21ClF2N2O5/c28-18-9-6-16(7-10-18)17-8-11-21(22(29)14-17)23(31-37)15-27(30,26(35)36)12-3-13-32-24(33)19-4-1-2-5-20(19)25(32)34/h1-2,4-11,14,37H,3,12-13,15H2,(H,35,36)/b31-23+. The molecule has 3 aromatic rings. The molecule has 2 amide bonds. The molecular weight excluding hydrogens is 506 g/mol. The van der Waals surface area contributed by atoms with Crippen molar-refractivity contribution in [2.45, 2.75) is 24.9 Å². The summed E-state index contributed by atoms with van der Waals surface area (Å²) >= 11 is 5.87. The van der Waals surface area contributed by atoms with Gasteiger partial charge in [-0.15, -0.1) is 0 Å². The van der Waals surface area contributed by atoms with E-state index in [2.05, 4.69) is 5.16 Å². The van der Waals surface area contributed by atoms with Gasteiger partial charge in [-0.25, -0.2) is 13.6 Å². The first-order valence-corrected chi connectivity index (χ1v) is 11.7. The van der Waals surface area contributed by atoms with E-state index in [0.29, 0.717) is 16.1 Å². The Kier molecular flexibility index (Phi) is 7.35. The maximum Gasteiger partial charge on any atom is 0.341 e. The smallest absolute Gasteiger partial charge is 0.341 e. The fourth-order valence-electron chi connectivity index (χ4n) is 4.25. The molecule has 0 saturated heterocycles. The van der Waals surface area contributed by atoms with Gasteiger partial charge in [-0.05, 0) is 60.4 Å². The lowest BCUT2D eigenvalue weighted by Crippen LogP contribution is -2.38. The number of benzene rings is 3. The molecule has 2 N–H and O–H groups in total. The predicted octanol–water partition coefficient (Wildman–Crippen LogP) is 5.58. The minimum absolute atomic E-state index is 0.176. The summed E-state index contributed by atoms with van der Waals surface area (Å²) in [6.07, 6.45) is -1.72. The van der Waals surface area contributed by atoms with E-state index < -0.39 is 47.8 Å². The lowest BCUT2D eigenvalue weighted by atomic mass is 9.90. The molecule has 3 aromatic carbocycles. The van der Waals surface area contributed by atoms with Crippen LogP contribution in [0.3, 0.4) is 0 Å². The number of carbonyl (C=O) groups excluding carboxylic acids is 2. The number of carbonyl (C=O) groups is 3. The summed E-state index contributed by atoms with van der Waals surface area (Å²) in [5.41, 5.74) is -2.10. The summed E-state index contributed by atoms with van der Waals surface area (Å²) in [5, 5.41) is 22.5. The number of imide groups is 1. The Morgan fingerprint density at radius 3 is 2.11 bits per heavy atom. The fourth-order valence-corrected chi connectivity index (χ4v) is 4.38. The minimum atomic E-state index is -2.94. The van der Waals surface area contributed by atoms with Gasteiger partial charge in [0.1, 0.15) is 5.82 Å². The zero-order valence-corrected chi connectivity index (χ0v) is 20.1. The number of carboxylic acid groups (broad SMARTS) is 1. The number of amides is 2. The van der Waals surface area contributed by atoms with E-state index in [1.807, 2.05) is 0 Å². The highest BCUT2D eigenvalue weighted by Gasteiger charge is 2.42. The maximum atomic E-state index is 15.6. The van der Waals surface area contributed by atoms with Crippen molar-refractivity contribution < 1.29 is 33.5 Å². The van der Waals surface area contributed by atoms with E-state index in [1.54, 1.807) is 36.4 Å². The van der Waals surface area contributed by atoms with Crippen molar-refractivity contribution >= 4 is 35.1 Å². The number of rotatable bonds is 9. The molecule has 0 aromatic heterocycles. The highest BCUT2D eigenvalue weighted by Crippen LogP contribution is 2.30. The van der Waals surface area contributed by atoms with Gasteiger partial charge in [0.15, 0.2) is 0 Å². The largest absolute Gasteiger partial charge is 0.479 e. The molecule has 1 heterocycles. The van der Waals surface area contributed by atoms with Crippen LogP contribution in [-0.4, -0.2) is 50.9 Å². The summed E-state index contributed by atoms with van der Waals surface area (Å²) in [6, 6.07) is 16.8. The molecule has 0 radical (unpaired) electrons. The number of aliphatic carboxylic acids is 1. The van der Waals surface area contributed by atoms with Gasteiger partial charge in [0.05, 0.1) is 16.8 Å². The molecule has 10 heteroatoms. The summed E-state index contributed by atoms with van der Waals surface area (Å²) in [6.45, 7) is -0.207. The third-order valence-corrected chi connectivity index (χ3v) is 6.49. The Morgan fingerprint density at radius 2 is 1.57 bits per heavy atom. The molecule has 190 valence electrons. The predicted molar refractivity (Wildman–Crippen MR) is 132 cm³/mol. The first-order valence-electron chi connectivity index (χ1n) is 11.3. The number of alkyl halides is 1. The van der Waals surface area contributed by atoms with Gasteiger partial charge in [-0.2, -0.15) is 0 Å². The second kappa shape index (κ2) is 10.5. The van der Waals surface area contributed by atoms with E-state index in [0.717, 1.165) is 11.0 Å². The molecule has 1 atom stereocenters. The van der Waals surface area contributed by atoms with Crippen LogP contribution in [0.4, 0.5) is 8.78 Å². The molecule has 1 aliphatic heterocycles. The maximum absolute atomic E-state index is 15.6. The zero-order valence-electron chi connectivity index (χ0n) is 19.3. The first kappa shape index (κ1) is 26.0. The highest BCUT2D eigenvalue weighted by atomic mass is 35.5. The zero-order chi connectivity index (χ0) is 26.7. The van der Waals surface area contributed by atoms with Gasteiger partial charge in [0.25, 0.3) is 11.8 Å². The number of halogens is 3. The number of hydrogen-bond donors (Lipinski definition) is 2.